The molecule has 0 heterocycles. The highest BCUT2D eigenvalue weighted by Crippen LogP contribution is 2.08. The molecule has 70 valence electrons. The summed E-state index contributed by atoms with van der Waals surface area (Å²) in [5.74, 6) is -0.182. The molecule has 0 aliphatic carbocycles. The Kier molecular flexibility index (Phi) is 3.28. The molecule has 3 N–H and O–H groups in total. The lowest BCUT2D eigenvalue weighted by Gasteiger charge is -2.08. The number of aliphatic hydroxyl groups is 1. The van der Waals surface area contributed by atoms with Crippen molar-refractivity contribution in [2.45, 2.75) is 6.10 Å². The van der Waals surface area contributed by atoms with Crippen molar-refractivity contribution in [3.63, 3.8) is 0 Å². The Bertz CT molecular complexity index is 273. The minimum absolute atomic E-state index is 0.112. The van der Waals surface area contributed by atoms with Gasteiger partial charge in [0.25, 0.3) is 0 Å². The van der Waals surface area contributed by atoms with Gasteiger partial charge in [0.1, 0.15) is 12.4 Å². The van der Waals surface area contributed by atoms with Gasteiger partial charge in [-0.15, -0.1) is 0 Å². The average molecular weight is 181 g/mol. The van der Waals surface area contributed by atoms with E-state index < -0.39 is 12.0 Å². The van der Waals surface area contributed by atoms with Crippen molar-refractivity contribution in [2.75, 3.05) is 6.61 Å². The van der Waals surface area contributed by atoms with E-state index in [4.69, 9.17) is 15.6 Å². The lowest BCUT2D eigenvalue weighted by Crippen LogP contribution is -2.33. The number of carbonyl (C=O) groups is 1. The summed E-state index contributed by atoms with van der Waals surface area (Å²) < 4.78 is 5.08. The molecule has 0 bridgehead atoms. The molecule has 0 aliphatic heterocycles. The van der Waals surface area contributed by atoms with Crippen LogP contribution in [0.2, 0.25) is 0 Å². The summed E-state index contributed by atoms with van der Waals surface area (Å²) in [5.41, 5.74) is 4.83. The van der Waals surface area contributed by atoms with Crippen LogP contribution in [0.4, 0.5) is 0 Å². The molecule has 0 fully saturated rings. The van der Waals surface area contributed by atoms with Gasteiger partial charge in [-0.05, 0) is 12.1 Å². The molecular weight excluding hydrogens is 170 g/mol. The van der Waals surface area contributed by atoms with Gasteiger partial charge in [0.15, 0.2) is 6.10 Å². The number of rotatable bonds is 4. The molecule has 0 aromatic heterocycles. The smallest absolute Gasteiger partial charge is 0.249 e. The summed E-state index contributed by atoms with van der Waals surface area (Å²) in [6.07, 6.45) is -1.25. The van der Waals surface area contributed by atoms with Crippen molar-refractivity contribution in [2.24, 2.45) is 5.73 Å². The first-order valence-electron chi connectivity index (χ1n) is 3.85. The van der Waals surface area contributed by atoms with E-state index in [1.54, 1.807) is 24.3 Å². The molecule has 0 unspecified atom stereocenters. The quantitative estimate of drug-likeness (QED) is 0.682. The molecule has 1 atom stereocenters. The summed E-state index contributed by atoms with van der Waals surface area (Å²) >= 11 is 0. The summed E-state index contributed by atoms with van der Waals surface area (Å²) in [5, 5.41) is 8.99. The van der Waals surface area contributed by atoms with Gasteiger partial charge in [0, 0.05) is 0 Å². The molecule has 0 saturated heterocycles. The number of nitrogens with two attached hydrogens (primary N) is 1. The SMILES string of the molecule is NC(=O)[C@@H](O)COc1ccccc1. The Hall–Kier alpha value is -1.55. The van der Waals surface area contributed by atoms with Crippen molar-refractivity contribution in [3.8, 4) is 5.75 Å². The standard InChI is InChI=1S/C9H11NO3/c10-9(12)8(11)6-13-7-4-2-1-3-5-7/h1-5,8,11H,6H2,(H2,10,12)/t8-/m0/s1. The van der Waals surface area contributed by atoms with E-state index >= 15 is 0 Å². The third-order valence-electron chi connectivity index (χ3n) is 1.48. The zero-order chi connectivity index (χ0) is 9.68. The average Bonchev–Trinajstić information content (AvgIpc) is 2.15. The highest BCUT2D eigenvalue weighted by molar-refractivity contribution is 5.78. The van der Waals surface area contributed by atoms with Crippen molar-refractivity contribution in [3.05, 3.63) is 30.3 Å². The van der Waals surface area contributed by atoms with E-state index in [1.807, 2.05) is 6.07 Å². The fourth-order valence-electron chi connectivity index (χ4n) is 0.774. The second-order valence-corrected chi connectivity index (χ2v) is 2.54. The van der Waals surface area contributed by atoms with Crippen molar-refractivity contribution in [1.82, 2.24) is 0 Å². The zero-order valence-corrected chi connectivity index (χ0v) is 7.01. The van der Waals surface area contributed by atoms with Crippen LogP contribution < -0.4 is 10.5 Å². The molecule has 1 aromatic rings. The second-order valence-electron chi connectivity index (χ2n) is 2.54. The molecule has 1 rings (SSSR count). The molecular formula is C9H11NO3. The lowest BCUT2D eigenvalue weighted by molar-refractivity contribution is -0.127. The fraction of sp³-hybridized carbons (Fsp3) is 0.222. The van der Waals surface area contributed by atoms with Gasteiger partial charge in [0.05, 0.1) is 0 Å². The number of carbonyl (C=O) groups excluding carboxylic acids is 1. The van der Waals surface area contributed by atoms with Crippen LogP contribution in [-0.2, 0) is 4.79 Å². The van der Waals surface area contributed by atoms with Gasteiger partial charge >= 0.3 is 0 Å². The van der Waals surface area contributed by atoms with Crippen molar-refractivity contribution in [1.29, 1.82) is 0 Å². The van der Waals surface area contributed by atoms with E-state index in [1.165, 1.54) is 0 Å². The van der Waals surface area contributed by atoms with E-state index in [0.717, 1.165) is 0 Å². The number of amides is 1. The van der Waals surface area contributed by atoms with Crippen LogP contribution in [0.25, 0.3) is 0 Å². The van der Waals surface area contributed by atoms with Crippen molar-refractivity contribution < 1.29 is 14.6 Å². The highest BCUT2D eigenvalue weighted by atomic mass is 16.5. The molecule has 1 aromatic carbocycles. The third-order valence-corrected chi connectivity index (χ3v) is 1.48. The predicted octanol–water partition coefficient (Wildman–Crippen LogP) is -0.0884. The molecule has 0 aliphatic rings. The Morgan fingerprint density at radius 2 is 2.08 bits per heavy atom. The number of hydrogen-bond donors (Lipinski definition) is 2. The maximum atomic E-state index is 10.4. The molecule has 0 spiro atoms. The Balaban J connectivity index is 2.39. The Morgan fingerprint density at radius 3 is 2.62 bits per heavy atom. The largest absolute Gasteiger partial charge is 0.490 e. The molecule has 4 nitrogen and oxygen atoms in total. The first kappa shape index (κ1) is 9.54. The van der Waals surface area contributed by atoms with Crippen molar-refractivity contribution >= 4 is 5.91 Å². The summed E-state index contributed by atoms with van der Waals surface area (Å²) in [7, 11) is 0. The van der Waals surface area contributed by atoms with Gasteiger partial charge in [0.2, 0.25) is 5.91 Å². The highest BCUT2D eigenvalue weighted by Gasteiger charge is 2.10. The first-order valence-corrected chi connectivity index (χ1v) is 3.85. The third kappa shape index (κ3) is 3.13. The van der Waals surface area contributed by atoms with Gasteiger partial charge in [-0.2, -0.15) is 0 Å². The maximum Gasteiger partial charge on any atom is 0.249 e. The molecule has 4 heteroatoms. The normalized spacial score (nSPS) is 12.1. The number of para-hydroxylation sites is 1. The van der Waals surface area contributed by atoms with Crippen LogP contribution >= 0.6 is 0 Å². The summed E-state index contributed by atoms with van der Waals surface area (Å²) in [4.78, 5) is 10.4. The predicted molar refractivity (Wildman–Crippen MR) is 47.1 cm³/mol. The van der Waals surface area contributed by atoms with E-state index in [9.17, 15) is 4.79 Å². The Labute approximate surface area is 75.9 Å². The van der Waals surface area contributed by atoms with Crippen LogP contribution in [0.5, 0.6) is 5.75 Å². The second kappa shape index (κ2) is 4.47. The first-order chi connectivity index (χ1) is 6.20. The number of hydrogen-bond acceptors (Lipinski definition) is 3. The monoisotopic (exact) mass is 181 g/mol. The van der Waals surface area contributed by atoms with Gasteiger partial charge < -0.3 is 15.6 Å². The summed E-state index contributed by atoms with van der Waals surface area (Å²) in [6, 6.07) is 8.90. The lowest BCUT2D eigenvalue weighted by atomic mass is 10.3. The van der Waals surface area contributed by atoms with Gasteiger partial charge in [-0.25, -0.2) is 0 Å². The van der Waals surface area contributed by atoms with E-state index in [2.05, 4.69) is 0 Å². The van der Waals surface area contributed by atoms with E-state index in [0.29, 0.717) is 5.75 Å². The zero-order valence-electron chi connectivity index (χ0n) is 7.01. The number of ether oxygens (including phenoxy) is 1. The van der Waals surface area contributed by atoms with Crippen LogP contribution in [0, 0.1) is 0 Å². The van der Waals surface area contributed by atoms with Crippen LogP contribution in [0.1, 0.15) is 0 Å². The topological polar surface area (TPSA) is 72.6 Å². The van der Waals surface area contributed by atoms with Gasteiger partial charge in [-0.3, -0.25) is 4.79 Å². The number of benzene rings is 1. The van der Waals surface area contributed by atoms with Gasteiger partial charge in [-0.1, -0.05) is 18.2 Å². The molecule has 0 saturated carbocycles. The fourth-order valence-corrected chi connectivity index (χ4v) is 0.774. The molecule has 13 heavy (non-hydrogen) atoms. The minimum Gasteiger partial charge on any atom is -0.490 e. The minimum atomic E-state index is -1.25. The molecule has 0 radical (unpaired) electrons. The van der Waals surface area contributed by atoms with E-state index in [-0.39, 0.29) is 6.61 Å². The maximum absolute atomic E-state index is 10.4. The number of aliphatic hydroxyl groups excluding tert-OH is 1. The molecule has 1 amide bonds. The van der Waals surface area contributed by atoms with Crippen LogP contribution in [0.15, 0.2) is 30.3 Å². The number of primary amides is 1. The van der Waals surface area contributed by atoms with Crippen LogP contribution in [0.3, 0.4) is 0 Å². The van der Waals surface area contributed by atoms with Crippen LogP contribution in [-0.4, -0.2) is 23.7 Å². The Morgan fingerprint density at radius 1 is 1.46 bits per heavy atom. The summed E-state index contributed by atoms with van der Waals surface area (Å²) in [6.45, 7) is -0.112.